The minimum absolute atomic E-state index is 0.0866. The number of amides is 1. The molecule has 0 fully saturated rings. The maximum Gasteiger partial charge on any atom is 0.422 e. The summed E-state index contributed by atoms with van der Waals surface area (Å²) >= 11 is 5.25. The quantitative estimate of drug-likeness (QED) is 0.501. The van der Waals surface area contributed by atoms with Crippen molar-refractivity contribution >= 4 is 23.8 Å². The van der Waals surface area contributed by atoms with Crippen molar-refractivity contribution in [1.29, 1.82) is 0 Å². The molecule has 1 aromatic carbocycles. The Morgan fingerprint density at radius 2 is 1.97 bits per heavy atom. The lowest BCUT2D eigenvalue weighted by atomic mass is 10.2. The van der Waals surface area contributed by atoms with Crippen molar-refractivity contribution in [2.45, 2.75) is 19.1 Å². The number of aromatic nitrogens is 4. The molecule has 3 rings (SSSR count). The van der Waals surface area contributed by atoms with E-state index in [0.29, 0.717) is 22.0 Å². The zero-order valence-electron chi connectivity index (χ0n) is 16.3. The number of pyridine rings is 1. The summed E-state index contributed by atoms with van der Waals surface area (Å²) in [7, 11) is 1.57. The van der Waals surface area contributed by atoms with Gasteiger partial charge in [0.25, 0.3) is 0 Å². The highest BCUT2D eigenvalue weighted by atomic mass is 32.1. The van der Waals surface area contributed by atoms with Crippen LogP contribution in [0.2, 0.25) is 0 Å². The van der Waals surface area contributed by atoms with Crippen LogP contribution in [-0.2, 0) is 11.3 Å². The smallest absolute Gasteiger partial charge is 0.422 e. The van der Waals surface area contributed by atoms with Crippen LogP contribution in [0.25, 0.3) is 11.4 Å². The fraction of sp³-hybridized carbons (Fsp3) is 0.263. The Balaban J connectivity index is 1.59. The van der Waals surface area contributed by atoms with Gasteiger partial charge in [0.2, 0.25) is 11.8 Å². The number of halogens is 3. The molecule has 12 heteroatoms. The number of anilines is 1. The molecule has 0 atom stereocenters. The van der Waals surface area contributed by atoms with Gasteiger partial charge in [-0.15, -0.1) is 0 Å². The van der Waals surface area contributed by atoms with Crippen LogP contribution in [0.3, 0.4) is 0 Å². The number of benzene rings is 1. The Hall–Kier alpha value is -3.41. The van der Waals surface area contributed by atoms with Crippen LogP contribution in [0.5, 0.6) is 11.6 Å². The molecule has 2 heterocycles. The second-order valence-electron chi connectivity index (χ2n) is 6.32. The number of nitrogens with zero attached hydrogens (tertiary/aromatic N) is 3. The molecule has 0 spiro atoms. The monoisotopic (exact) mass is 453 g/mol. The first-order chi connectivity index (χ1) is 14.7. The molecule has 31 heavy (non-hydrogen) atoms. The molecule has 0 unspecified atom stereocenters. The Bertz CT molecular complexity index is 1080. The predicted octanol–water partition coefficient (Wildman–Crippen LogP) is 3.98. The lowest BCUT2D eigenvalue weighted by Crippen LogP contribution is -2.19. The highest BCUT2D eigenvalue weighted by Gasteiger charge is 2.28. The number of aromatic amines is 1. The molecule has 2 aromatic heterocycles. The number of nitrogens with one attached hydrogen (secondary N) is 2. The van der Waals surface area contributed by atoms with Crippen LogP contribution in [0.4, 0.5) is 18.9 Å². The summed E-state index contributed by atoms with van der Waals surface area (Å²) in [5.41, 5.74) is 1.13. The molecule has 0 aliphatic heterocycles. The Morgan fingerprint density at radius 1 is 1.23 bits per heavy atom. The second kappa shape index (κ2) is 9.60. The first kappa shape index (κ1) is 22.3. The van der Waals surface area contributed by atoms with E-state index in [1.165, 1.54) is 18.3 Å². The minimum atomic E-state index is -4.45. The van der Waals surface area contributed by atoms with Crippen molar-refractivity contribution in [2.24, 2.45) is 0 Å². The SMILES string of the molecule is COc1ccc(-c2n[nH]c(=S)n2CCC(=O)Nc2ccc(OCC(F)(F)F)nc2)cc1. The second-order valence-corrected chi connectivity index (χ2v) is 6.71. The lowest BCUT2D eigenvalue weighted by molar-refractivity contribution is -0.154. The molecular weight excluding hydrogens is 435 g/mol. The maximum atomic E-state index is 12.3. The van der Waals surface area contributed by atoms with E-state index in [1.807, 2.05) is 12.1 Å². The van der Waals surface area contributed by atoms with E-state index in [-0.39, 0.29) is 24.8 Å². The molecule has 0 aliphatic rings. The van der Waals surface area contributed by atoms with Gasteiger partial charge in [-0.1, -0.05) is 0 Å². The van der Waals surface area contributed by atoms with Gasteiger partial charge >= 0.3 is 6.18 Å². The van der Waals surface area contributed by atoms with E-state index in [9.17, 15) is 18.0 Å². The van der Waals surface area contributed by atoms with Crippen molar-refractivity contribution < 1.29 is 27.4 Å². The van der Waals surface area contributed by atoms with Gasteiger partial charge < -0.3 is 14.8 Å². The summed E-state index contributed by atoms with van der Waals surface area (Å²) in [4.78, 5) is 16.0. The number of carbonyl (C=O) groups excluding carboxylic acids is 1. The van der Waals surface area contributed by atoms with E-state index in [4.69, 9.17) is 17.0 Å². The average Bonchev–Trinajstić information content (AvgIpc) is 3.11. The Kier molecular flexibility index (Phi) is 6.90. The topological polar surface area (TPSA) is 94.1 Å². The van der Waals surface area contributed by atoms with Gasteiger partial charge in [-0.05, 0) is 42.5 Å². The van der Waals surface area contributed by atoms with E-state index in [2.05, 4.69) is 25.2 Å². The van der Waals surface area contributed by atoms with Gasteiger partial charge in [0.05, 0.1) is 19.0 Å². The van der Waals surface area contributed by atoms with Crippen LogP contribution in [0.15, 0.2) is 42.6 Å². The highest BCUT2D eigenvalue weighted by molar-refractivity contribution is 7.71. The maximum absolute atomic E-state index is 12.3. The van der Waals surface area contributed by atoms with Crippen molar-refractivity contribution in [1.82, 2.24) is 19.7 Å². The standard InChI is InChI=1S/C19H18F3N5O3S/c1-29-14-5-2-12(3-6-14)17-25-26-18(31)27(17)9-8-15(28)24-13-4-7-16(23-10-13)30-11-19(20,21)22/h2-7,10H,8-9,11H2,1H3,(H,24,28)(H,26,31). The summed E-state index contributed by atoms with van der Waals surface area (Å²) < 4.78 is 48.2. The molecule has 0 bridgehead atoms. The number of hydrogen-bond donors (Lipinski definition) is 2. The third-order valence-electron chi connectivity index (χ3n) is 4.07. The van der Waals surface area contributed by atoms with Crippen molar-refractivity contribution in [3.8, 4) is 23.0 Å². The van der Waals surface area contributed by atoms with E-state index >= 15 is 0 Å². The lowest BCUT2D eigenvalue weighted by Gasteiger charge is -2.10. The van der Waals surface area contributed by atoms with Gasteiger partial charge in [0, 0.05) is 24.6 Å². The summed E-state index contributed by atoms with van der Waals surface area (Å²) in [6.45, 7) is -1.17. The zero-order chi connectivity index (χ0) is 22.4. The fourth-order valence-electron chi connectivity index (χ4n) is 2.62. The first-order valence-corrected chi connectivity index (χ1v) is 9.41. The van der Waals surface area contributed by atoms with Crippen molar-refractivity contribution in [3.05, 3.63) is 47.4 Å². The number of rotatable bonds is 8. The first-order valence-electron chi connectivity index (χ1n) is 9.00. The molecule has 0 aliphatic carbocycles. The minimum Gasteiger partial charge on any atom is -0.497 e. The number of methoxy groups -OCH3 is 1. The molecule has 2 N–H and O–H groups in total. The van der Waals surface area contributed by atoms with E-state index in [0.717, 1.165) is 5.56 Å². The molecule has 0 saturated heterocycles. The summed E-state index contributed by atoms with van der Waals surface area (Å²) in [5, 5.41) is 9.56. The fourth-order valence-corrected chi connectivity index (χ4v) is 2.84. The van der Waals surface area contributed by atoms with Gasteiger partial charge in [-0.2, -0.15) is 18.3 Å². The van der Waals surface area contributed by atoms with Gasteiger partial charge in [-0.3, -0.25) is 14.5 Å². The third kappa shape index (κ3) is 6.28. The van der Waals surface area contributed by atoms with Gasteiger partial charge in [0.15, 0.2) is 17.2 Å². The normalized spacial score (nSPS) is 11.2. The van der Waals surface area contributed by atoms with Crippen LogP contribution < -0.4 is 14.8 Å². The van der Waals surface area contributed by atoms with Crippen LogP contribution in [0, 0.1) is 4.77 Å². The number of hydrogen-bond acceptors (Lipinski definition) is 6. The summed E-state index contributed by atoms with van der Waals surface area (Å²) in [6.07, 6.45) is -3.15. The number of carbonyl (C=O) groups is 1. The zero-order valence-corrected chi connectivity index (χ0v) is 17.1. The largest absolute Gasteiger partial charge is 0.497 e. The molecule has 0 radical (unpaired) electrons. The van der Waals surface area contributed by atoms with Crippen LogP contribution >= 0.6 is 12.2 Å². The van der Waals surface area contributed by atoms with E-state index < -0.39 is 12.8 Å². The molecule has 0 saturated carbocycles. The average molecular weight is 453 g/mol. The van der Waals surface area contributed by atoms with Crippen LogP contribution in [-0.4, -0.2) is 45.5 Å². The molecular formula is C19H18F3N5O3S. The van der Waals surface area contributed by atoms with E-state index in [1.54, 1.807) is 23.8 Å². The Morgan fingerprint density at radius 3 is 2.58 bits per heavy atom. The third-order valence-corrected chi connectivity index (χ3v) is 4.38. The van der Waals surface area contributed by atoms with Crippen molar-refractivity contribution in [3.63, 3.8) is 0 Å². The van der Waals surface area contributed by atoms with Crippen LogP contribution in [0.1, 0.15) is 6.42 Å². The molecule has 8 nitrogen and oxygen atoms in total. The number of ether oxygens (including phenoxy) is 2. The predicted molar refractivity (Wildman–Crippen MR) is 108 cm³/mol. The van der Waals surface area contributed by atoms with Crippen molar-refractivity contribution in [2.75, 3.05) is 19.0 Å². The Labute approximate surface area is 180 Å². The number of alkyl halides is 3. The van der Waals surface area contributed by atoms with Gasteiger partial charge in [-0.25, -0.2) is 4.98 Å². The molecule has 164 valence electrons. The number of H-pyrrole nitrogens is 1. The summed E-state index contributed by atoms with van der Waals surface area (Å²) in [5.74, 6) is 0.763. The highest BCUT2D eigenvalue weighted by Crippen LogP contribution is 2.21. The molecule has 3 aromatic rings. The van der Waals surface area contributed by atoms with Gasteiger partial charge in [0.1, 0.15) is 5.75 Å². The molecule has 1 amide bonds. The summed E-state index contributed by atoms with van der Waals surface area (Å²) in [6, 6.07) is 9.89.